The molecule has 0 aromatic carbocycles. The van der Waals surface area contributed by atoms with Gasteiger partial charge in [-0.25, -0.2) is 0 Å². The van der Waals surface area contributed by atoms with Crippen LogP contribution in [-0.4, -0.2) is 79.4 Å². The summed E-state index contributed by atoms with van der Waals surface area (Å²) in [6.07, 6.45) is 0. The lowest BCUT2D eigenvalue weighted by atomic mass is 10.0. The van der Waals surface area contributed by atoms with Gasteiger partial charge in [-0.1, -0.05) is 20.8 Å². The lowest BCUT2D eigenvalue weighted by Crippen LogP contribution is -2.46. The first-order valence-corrected chi connectivity index (χ1v) is 8.95. The Kier molecular flexibility index (Phi) is 5.20. The third kappa shape index (κ3) is 3.62. The Morgan fingerprint density at radius 3 is 2.42 bits per heavy atom. The van der Waals surface area contributed by atoms with Gasteiger partial charge in [0.15, 0.2) is 0 Å². The van der Waals surface area contributed by atoms with Crippen LogP contribution in [0.15, 0.2) is 0 Å². The van der Waals surface area contributed by atoms with Crippen molar-refractivity contribution in [1.29, 1.82) is 0 Å². The summed E-state index contributed by atoms with van der Waals surface area (Å²) in [5.74, 6) is 3.32. The van der Waals surface area contributed by atoms with Crippen LogP contribution in [-0.2, 0) is 4.74 Å². The second kappa shape index (κ2) is 7.19. The van der Waals surface area contributed by atoms with Crippen LogP contribution in [0.4, 0.5) is 11.9 Å². The van der Waals surface area contributed by atoms with Gasteiger partial charge < -0.3 is 14.5 Å². The average molecular weight is 334 g/mol. The highest BCUT2D eigenvalue weighted by atomic mass is 16.5. The first kappa shape index (κ1) is 17.4. The smallest absolute Gasteiger partial charge is 0.230 e. The summed E-state index contributed by atoms with van der Waals surface area (Å²) < 4.78 is 5.50. The molecule has 3 rings (SSSR count). The van der Waals surface area contributed by atoms with E-state index >= 15 is 0 Å². The molecule has 24 heavy (non-hydrogen) atoms. The van der Waals surface area contributed by atoms with Crippen molar-refractivity contribution in [3.63, 3.8) is 0 Å². The molecule has 2 saturated heterocycles. The lowest BCUT2D eigenvalue weighted by molar-refractivity contribution is 0.0134. The molecule has 7 heteroatoms. The standard InChI is InChI=1S/C17H30N6O/c1-12(2)15-18-16(21(4)5)20-17(19-15)23-10-13(3)14(11-23)22-6-8-24-9-7-22/h12-14H,6-11H2,1-5H3. The van der Waals surface area contributed by atoms with Gasteiger partial charge in [-0.3, -0.25) is 4.90 Å². The quantitative estimate of drug-likeness (QED) is 0.820. The average Bonchev–Trinajstić information content (AvgIpc) is 2.97. The van der Waals surface area contributed by atoms with Crippen LogP contribution in [0.2, 0.25) is 0 Å². The lowest BCUT2D eigenvalue weighted by Gasteiger charge is -2.34. The number of nitrogens with zero attached hydrogens (tertiary/aromatic N) is 6. The Labute approximate surface area is 145 Å². The van der Waals surface area contributed by atoms with Gasteiger partial charge in [0.05, 0.1) is 13.2 Å². The van der Waals surface area contributed by atoms with E-state index < -0.39 is 0 Å². The van der Waals surface area contributed by atoms with Crippen LogP contribution >= 0.6 is 0 Å². The van der Waals surface area contributed by atoms with Crippen LogP contribution in [0, 0.1) is 5.92 Å². The van der Waals surface area contributed by atoms with Crippen molar-refractivity contribution in [3.05, 3.63) is 5.82 Å². The summed E-state index contributed by atoms with van der Waals surface area (Å²) in [4.78, 5) is 20.9. The number of ether oxygens (including phenoxy) is 1. The van der Waals surface area contributed by atoms with Crippen molar-refractivity contribution >= 4 is 11.9 Å². The molecule has 134 valence electrons. The molecule has 0 N–H and O–H groups in total. The van der Waals surface area contributed by atoms with Gasteiger partial charge in [-0.05, 0) is 5.92 Å². The van der Waals surface area contributed by atoms with Gasteiger partial charge in [-0.15, -0.1) is 0 Å². The van der Waals surface area contributed by atoms with Crippen LogP contribution in [0.25, 0.3) is 0 Å². The van der Waals surface area contributed by atoms with Gasteiger partial charge in [0.1, 0.15) is 5.82 Å². The normalized spacial score (nSPS) is 25.5. The highest BCUT2D eigenvalue weighted by Gasteiger charge is 2.36. The van der Waals surface area contributed by atoms with Crippen LogP contribution in [0.5, 0.6) is 0 Å². The SMILES string of the molecule is CC(C)c1nc(N(C)C)nc(N2CC(C)C(N3CCOCC3)C2)n1. The Morgan fingerprint density at radius 1 is 1.08 bits per heavy atom. The maximum atomic E-state index is 5.50. The third-order valence-electron chi connectivity index (χ3n) is 4.92. The number of aromatic nitrogens is 3. The van der Waals surface area contributed by atoms with Crippen molar-refractivity contribution < 1.29 is 4.74 Å². The van der Waals surface area contributed by atoms with E-state index in [9.17, 15) is 0 Å². The molecular weight excluding hydrogens is 304 g/mol. The first-order chi connectivity index (χ1) is 11.5. The Hall–Kier alpha value is -1.47. The largest absolute Gasteiger partial charge is 0.379 e. The molecule has 2 aliphatic rings. The van der Waals surface area contributed by atoms with E-state index in [1.807, 2.05) is 19.0 Å². The Balaban J connectivity index is 1.81. The molecule has 0 spiro atoms. The van der Waals surface area contributed by atoms with Gasteiger partial charge >= 0.3 is 0 Å². The topological polar surface area (TPSA) is 57.6 Å². The number of anilines is 2. The van der Waals surface area contributed by atoms with Crippen LogP contribution < -0.4 is 9.80 Å². The third-order valence-corrected chi connectivity index (χ3v) is 4.92. The molecule has 3 heterocycles. The van der Waals surface area contributed by atoms with E-state index in [1.54, 1.807) is 0 Å². The molecule has 1 aromatic rings. The zero-order valence-corrected chi connectivity index (χ0v) is 15.6. The predicted molar refractivity (Wildman–Crippen MR) is 95.8 cm³/mol. The number of hydrogen-bond donors (Lipinski definition) is 0. The predicted octanol–water partition coefficient (Wildman–Crippen LogP) is 1.22. The van der Waals surface area contributed by atoms with Crippen molar-refractivity contribution in [2.75, 3.05) is 63.3 Å². The molecule has 7 nitrogen and oxygen atoms in total. The summed E-state index contributed by atoms with van der Waals surface area (Å²) in [6.45, 7) is 12.3. The molecule has 2 fully saturated rings. The molecule has 1 aromatic heterocycles. The number of hydrogen-bond acceptors (Lipinski definition) is 7. The molecule has 0 saturated carbocycles. The van der Waals surface area contributed by atoms with Crippen LogP contribution in [0.3, 0.4) is 0 Å². The van der Waals surface area contributed by atoms with E-state index in [0.717, 1.165) is 57.1 Å². The van der Waals surface area contributed by atoms with Crippen molar-refractivity contribution in [3.8, 4) is 0 Å². The zero-order chi connectivity index (χ0) is 17.3. The monoisotopic (exact) mass is 334 g/mol. The summed E-state index contributed by atoms with van der Waals surface area (Å²) in [7, 11) is 3.96. The van der Waals surface area contributed by atoms with E-state index in [2.05, 4.69) is 35.6 Å². The van der Waals surface area contributed by atoms with Crippen LogP contribution in [0.1, 0.15) is 32.5 Å². The maximum absolute atomic E-state index is 5.50. The second-order valence-electron chi connectivity index (χ2n) is 7.44. The minimum absolute atomic E-state index is 0.292. The Bertz CT molecular complexity index is 532. The van der Waals surface area contributed by atoms with Gasteiger partial charge in [-0.2, -0.15) is 15.0 Å². The zero-order valence-electron chi connectivity index (χ0n) is 15.6. The van der Waals surface area contributed by atoms with Gasteiger partial charge in [0.2, 0.25) is 11.9 Å². The molecule has 0 amide bonds. The molecule has 0 radical (unpaired) electrons. The molecular formula is C17H30N6O. The molecule has 2 unspecified atom stereocenters. The van der Waals surface area contributed by atoms with Gasteiger partial charge in [0.25, 0.3) is 0 Å². The molecule has 0 aliphatic carbocycles. The summed E-state index contributed by atoms with van der Waals surface area (Å²) in [5, 5.41) is 0. The molecule has 0 bridgehead atoms. The van der Waals surface area contributed by atoms with E-state index in [-0.39, 0.29) is 0 Å². The van der Waals surface area contributed by atoms with Crippen molar-refractivity contribution in [1.82, 2.24) is 19.9 Å². The van der Waals surface area contributed by atoms with E-state index in [0.29, 0.717) is 17.9 Å². The fraction of sp³-hybridized carbons (Fsp3) is 0.824. The summed E-state index contributed by atoms with van der Waals surface area (Å²) in [5.41, 5.74) is 0. The van der Waals surface area contributed by atoms with Crippen molar-refractivity contribution in [2.24, 2.45) is 5.92 Å². The number of rotatable bonds is 4. The Morgan fingerprint density at radius 2 is 1.79 bits per heavy atom. The fourth-order valence-corrected chi connectivity index (χ4v) is 3.47. The first-order valence-electron chi connectivity index (χ1n) is 8.95. The second-order valence-corrected chi connectivity index (χ2v) is 7.44. The maximum Gasteiger partial charge on any atom is 0.230 e. The fourth-order valence-electron chi connectivity index (χ4n) is 3.47. The van der Waals surface area contributed by atoms with E-state index in [1.165, 1.54) is 0 Å². The van der Waals surface area contributed by atoms with Gasteiger partial charge in [0, 0.05) is 52.2 Å². The minimum Gasteiger partial charge on any atom is -0.379 e. The summed E-state index contributed by atoms with van der Waals surface area (Å²) >= 11 is 0. The highest BCUT2D eigenvalue weighted by Crippen LogP contribution is 2.27. The molecule has 2 aliphatic heterocycles. The van der Waals surface area contributed by atoms with E-state index in [4.69, 9.17) is 14.7 Å². The summed E-state index contributed by atoms with van der Waals surface area (Å²) in [6, 6.07) is 0.552. The molecule has 2 atom stereocenters. The number of morpholine rings is 1. The van der Waals surface area contributed by atoms with Crippen molar-refractivity contribution in [2.45, 2.75) is 32.7 Å². The highest BCUT2D eigenvalue weighted by molar-refractivity contribution is 5.40. The minimum atomic E-state index is 0.292.